The number of hydrogen-bond donors (Lipinski definition) is 0. The molecule has 0 saturated heterocycles. The number of allylic oxidation sites excluding steroid dienone is 22. The molecule has 87 heavy (non-hydrogen) atoms. The van der Waals surface area contributed by atoms with Gasteiger partial charge < -0.3 is 27.9 Å². The second kappa shape index (κ2) is 66.6. The maximum Gasteiger partial charge on any atom is 0.306 e. The third-order valence-electron chi connectivity index (χ3n) is 14.9. The van der Waals surface area contributed by atoms with E-state index in [2.05, 4.69) is 148 Å². The van der Waals surface area contributed by atoms with E-state index in [4.69, 9.17) is 18.5 Å². The number of carbonyl (C=O) groups is 2. The zero-order valence-electron chi connectivity index (χ0n) is 56.7. The third-order valence-corrected chi connectivity index (χ3v) is 15.9. The van der Waals surface area contributed by atoms with Crippen LogP contribution in [0, 0.1) is 0 Å². The molecule has 0 N–H and O–H groups in total. The second-order valence-electron chi connectivity index (χ2n) is 24.5. The number of rotatable bonds is 64. The van der Waals surface area contributed by atoms with Gasteiger partial charge in [-0.25, -0.2) is 0 Å². The minimum atomic E-state index is -4.66. The minimum Gasteiger partial charge on any atom is -0.756 e. The van der Waals surface area contributed by atoms with Gasteiger partial charge in [-0.1, -0.05) is 314 Å². The topological polar surface area (TPSA) is 111 Å². The molecule has 9 nitrogen and oxygen atoms in total. The molecule has 0 amide bonds. The molecule has 0 spiro atoms. The normalized spacial score (nSPS) is 14.0. The fourth-order valence-electron chi connectivity index (χ4n) is 9.55. The van der Waals surface area contributed by atoms with Gasteiger partial charge in [0, 0.05) is 12.8 Å². The van der Waals surface area contributed by atoms with Crippen molar-refractivity contribution >= 4 is 19.8 Å². The van der Waals surface area contributed by atoms with Crippen LogP contribution in [0.4, 0.5) is 0 Å². The molecule has 0 aliphatic heterocycles. The molecule has 498 valence electrons. The first-order chi connectivity index (χ1) is 42.5. The number of phosphoric ester groups is 1. The summed E-state index contributed by atoms with van der Waals surface area (Å²) in [4.78, 5) is 38.0. The number of hydrogen-bond acceptors (Lipinski definition) is 8. The summed E-state index contributed by atoms with van der Waals surface area (Å²) in [6.45, 7) is 4.11. The van der Waals surface area contributed by atoms with Gasteiger partial charge in [0.05, 0.1) is 27.7 Å². The standard InChI is InChI=1S/C77H132NO8P/c1-6-8-10-12-14-16-18-20-22-24-26-28-30-32-34-35-36-37-38-39-40-41-42-43-44-46-48-50-52-54-56-58-60-62-64-66-68-70-77(80)86-75(74-85-87(81,82)84-72-71-78(3,4)5)73-83-76(79)69-67-65-63-61-59-57-55-53-51-49-47-45-33-31-29-27-25-23-21-19-17-15-13-11-9-7-2/h8,10,14,16,20,22,26,28,32,34,36-37,39-40,42-43,46,48,52,54,58,60,75H,6-7,9,11-13,15,17-19,21,23-25,27,29-31,33,35,38,41,44-45,47,49-51,53,55-57,59,61-74H2,1-5H3/b10-8-,16-14-,22-20-,28-26-,34-32-,37-36-,40-39-,43-42-,48-46-,54-52-,60-58-. The van der Waals surface area contributed by atoms with Crippen LogP contribution >= 0.6 is 7.82 Å². The summed E-state index contributed by atoms with van der Waals surface area (Å²) in [7, 11) is 1.13. The zero-order valence-corrected chi connectivity index (χ0v) is 57.6. The lowest BCUT2D eigenvalue weighted by atomic mass is 10.0. The number of nitrogens with zero attached hydrogens (tertiary/aromatic N) is 1. The smallest absolute Gasteiger partial charge is 0.306 e. The van der Waals surface area contributed by atoms with Crippen molar-refractivity contribution in [2.45, 2.75) is 296 Å². The first-order valence-electron chi connectivity index (χ1n) is 35.4. The van der Waals surface area contributed by atoms with E-state index in [0.717, 1.165) is 109 Å². The average Bonchev–Trinajstić information content (AvgIpc) is 3.56. The number of ether oxygens (including phenoxy) is 2. The Morgan fingerprint density at radius 3 is 0.977 bits per heavy atom. The molecule has 10 heteroatoms. The zero-order chi connectivity index (χ0) is 63.4. The molecular formula is C77H132NO8P. The van der Waals surface area contributed by atoms with Crippen LogP contribution in [0.2, 0.25) is 0 Å². The van der Waals surface area contributed by atoms with E-state index in [1.165, 1.54) is 148 Å². The highest BCUT2D eigenvalue weighted by molar-refractivity contribution is 7.45. The Kier molecular flexibility index (Phi) is 63.6. The van der Waals surface area contributed by atoms with Crippen molar-refractivity contribution in [1.82, 2.24) is 0 Å². The molecule has 0 aromatic rings. The molecule has 0 radical (unpaired) electrons. The van der Waals surface area contributed by atoms with E-state index in [-0.39, 0.29) is 26.1 Å². The van der Waals surface area contributed by atoms with Gasteiger partial charge in [0.1, 0.15) is 19.8 Å². The largest absolute Gasteiger partial charge is 0.756 e. The summed E-state index contributed by atoms with van der Waals surface area (Å²) in [6.07, 6.45) is 96.8. The Morgan fingerprint density at radius 1 is 0.368 bits per heavy atom. The fourth-order valence-corrected chi connectivity index (χ4v) is 10.3. The molecule has 2 unspecified atom stereocenters. The number of likely N-dealkylation sites (N-methyl/N-ethyl adjacent to an activating group) is 1. The average molecular weight is 1230 g/mol. The molecule has 0 rings (SSSR count). The molecule has 0 saturated carbocycles. The summed E-state index contributed by atoms with van der Waals surface area (Å²) in [5.41, 5.74) is 0. The molecule has 0 fully saturated rings. The van der Waals surface area contributed by atoms with E-state index in [1.807, 2.05) is 21.1 Å². The highest BCUT2D eigenvalue weighted by Crippen LogP contribution is 2.38. The maximum absolute atomic E-state index is 12.9. The highest BCUT2D eigenvalue weighted by atomic mass is 31.2. The molecule has 0 bridgehead atoms. The second-order valence-corrected chi connectivity index (χ2v) is 25.9. The Morgan fingerprint density at radius 2 is 0.655 bits per heavy atom. The van der Waals surface area contributed by atoms with Crippen molar-refractivity contribution in [3.63, 3.8) is 0 Å². The van der Waals surface area contributed by atoms with Crippen LogP contribution in [-0.4, -0.2) is 70.0 Å². The van der Waals surface area contributed by atoms with Crippen LogP contribution in [-0.2, 0) is 32.7 Å². The summed E-state index contributed by atoms with van der Waals surface area (Å²) >= 11 is 0. The molecule has 0 aliphatic rings. The monoisotopic (exact) mass is 1230 g/mol. The third kappa shape index (κ3) is 71.1. The summed E-state index contributed by atoms with van der Waals surface area (Å²) < 4.78 is 34.3. The maximum atomic E-state index is 12.9. The molecule has 0 aliphatic carbocycles. The Balaban J connectivity index is 4.17. The van der Waals surface area contributed by atoms with E-state index >= 15 is 0 Å². The minimum absolute atomic E-state index is 0.0430. The van der Waals surface area contributed by atoms with E-state index in [9.17, 15) is 19.0 Å². The molecule has 2 atom stereocenters. The molecule has 0 aromatic carbocycles. The van der Waals surface area contributed by atoms with Crippen LogP contribution < -0.4 is 4.89 Å². The van der Waals surface area contributed by atoms with Gasteiger partial charge >= 0.3 is 11.9 Å². The SMILES string of the molecule is CC/C=C\C/C=C\C/C=C\C/C=C\C/C=C\C/C=C\C/C=C\C/C=C\C/C=C\C/C=C\C/C=C\CCCCCC(=O)OC(COC(=O)CCCCCCCCCCCCCCCCCCCCCCCCCCCC)COP(=O)([O-])OCC[N+](C)(C)C. The van der Waals surface area contributed by atoms with Crippen molar-refractivity contribution in [3.8, 4) is 0 Å². The first kappa shape index (κ1) is 83.2. The molecule has 0 aromatic heterocycles. The van der Waals surface area contributed by atoms with Gasteiger partial charge in [0.25, 0.3) is 7.82 Å². The van der Waals surface area contributed by atoms with E-state index in [1.54, 1.807) is 0 Å². The van der Waals surface area contributed by atoms with Crippen molar-refractivity contribution in [1.29, 1.82) is 0 Å². The Hall–Kier alpha value is -3.85. The van der Waals surface area contributed by atoms with Crippen LogP contribution in [0.25, 0.3) is 0 Å². The van der Waals surface area contributed by atoms with Crippen molar-refractivity contribution in [2.24, 2.45) is 0 Å². The molecular weight excluding hydrogens is 1100 g/mol. The lowest BCUT2D eigenvalue weighted by Gasteiger charge is -2.28. The number of esters is 2. The lowest BCUT2D eigenvalue weighted by molar-refractivity contribution is -0.870. The number of unbranched alkanes of at least 4 members (excludes halogenated alkanes) is 28. The van der Waals surface area contributed by atoms with Crippen molar-refractivity contribution < 1.29 is 42.1 Å². The quantitative estimate of drug-likeness (QED) is 0.0195. The highest BCUT2D eigenvalue weighted by Gasteiger charge is 2.22. The lowest BCUT2D eigenvalue weighted by Crippen LogP contribution is -2.37. The van der Waals surface area contributed by atoms with Crippen molar-refractivity contribution in [2.75, 3.05) is 47.5 Å². The Bertz CT molecular complexity index is 1930. The fraction of sp³-hybridized carbons (Fsp3) is 0.688. The van der Waals surface area contributed by atoms with Gasteiger partial charge in [0.15, 0.2) is 6.10 Å². The first-order valence-corrected chi connectivity index (χ1v) is 36.9. The van der Waals surface area contributed by atoms with Gasteiger partial charge in [-0.3, -0.25) is 14.2 Å². The Labute approximate surface area is 536 Å². The van der Waals surface area contributed by atoms with Gasteiger partial charge in [-0.2, -0.15) is 0 Å². The number of carbonyl (C=O) groups excluding carboxylic acids is 2. The van der Waals surface area contributed by atoms with Gasteiger partial charge in [0.2, 0.25) is 0 Å². The summed E-state index contributed by atoms with van der Waals surface area (Å²) in [5.74, 6) is -0.870. The summed E-state index contributed by atoms with van der Waals surface area (Å²) in [5, 5.41) is 0. The van der Waals surface area contributed by atoms with Crippen LogP contribution in [0.15, 0.2) is 134 Å². The van der Waals surface area contributed by atoms with E-state index < -0.39 is 32.5 Å². The summed E-state index contributed by atoms with van der Waals surface area (Å²) in [6, 6.07) is 0. The number of quaternary nitrogens is 1. The van der Waals surface area contributed by atoms with Gasteiger partial charge in [-0.05, 0) is 96.3 Å². The van der Waals surface area contributed by atoms with Crippen molar-refractivity contribution in [3.05, 3.63) is 134 Å². The number of phosphoric acid groups is 1. The predicted molar refractivity (Wildman–Crippen MR) is 374 cm³/mol. The predicted octanol–water partition coefficient (Wildman–Crippen LogP) is 22.6. The van der Waals surface area contributed by atoms with E-state index in [0.29, 0.717) is 17.4 Å². The van der Waals surface area contributed by atoms with Crippen LogP contribution in [0.1, 0.15) is 290 Å². The molecule has 0 heterocycles. The van der Waals surface area contributed by atoms with Crippen LogP contribution in [0.5, 0.6) is 0 Å². The van der Waals surface area contributed by atoms with Gasteiger partial charge in [-0.15, -0.1) is 0 Å². The van der Waals surface area contributed by atoms with Crippen LogP contribution in [0.3, 0.4) is 0 Å².